The minimum atomic E-state index is -1.64. The van der Waals surface area contributed by atoms with Crippen LogP contribution in [0, 0.1) is 17.0 Å². The molecule has 0 aliphatic heterocycles. The standard InChI is InChI=1S/C24H19N3O4/c1-14-25-21(23(26(14)2)27(30)31)17-11-9-15(10-12-17)13-24(29)19-8-4-6-16-5-3-7-18(20(16)19)22(24)28/h3-12,29H,13H2,1-2H3. The third kappa shape index (κ3) is 2.70. The van der Waals surface area contributed by atoms with E-state index in [4.69, 9.17) is 0 Å². The summed E-state index contributed by atoms with van der Waals surface area (Å²) < 4.78 is 1.45. The van der Waals surface area contributed by atoms with E-state index in [9.17, 15) is 20.0 Å². The second-order valence-corrected chi connectivity index (χ2v) is 7.92. The first kappa shape index (κ1) is 19.1. The van der Waals surface area contributed by atoms with Crippen molar-refractivity contribution >= 4 is 22.4 Å². The normalized spacial score (nSPS) is 17.5. The number of rotatable bonds is 4. The van der Waals surface area contributed by atoms with Gasteiger partial charge >= 0.3 is 5.82 Å². The second-order valence-electron chi connectivity index (χ2n) is 7.92. The second kappa shape index (κ2) is 6.58. The van der Waals surface area contributed by atoms with Crippen molar-refractivity contribution in [2.75, 3.05) is 0 Å². The Hall–Kier alpha value is -3.84. The molecule has 1 unspecified atom stereocenters. The highest BCUT2D eigenvalue weighted by atomic mass is 16.6. The summed E-state index contributed by atoms with van der Waals surface area (Å²) in [5.74, 6) is 0.166. The Kier molecular flexibility index (Phi) is 4.06. The number of nitro groups is 1. The molecule has 0 saturated heterocycles. The average Bonchev–Trinajstić information content (AvgIpc) is 3.17. The van der Waals surface area contributed by atoms with Gasteiger partial charge in [-0.2, -0.15) is 0 Å². The fourth-order valence-corrected chi connectivity index (χ4v) is 4.47. The van der Waals surface area contributed by atoms with Gasteiger partial charge in [-0.3, -0.25) is 4.79 Å². The Morgan fingerprint density at radius 3 is 2.45 bits per heavy atom. The molecule has 1 aliphatic carbocycles. The van der Waals surface area contributed by atoms with Crippen molar-refractivity contribution in [2.45, 2.75) is 18.9 Å². The Labute approximate surface area is 177 Å². The maximum absolute atomic E-state index is 13.1. The van der Waals surface area contributed by atoms with Crippen molar-refractivity contribution in [2.24, 2.45) is 7.05 Å². The van der Waals surface area contributed by atoms with Gasteiger partial charge in [0, 0.05) is 30.0 Å². The summed E-state index contributed by atoms with van der Waals surface area (Å²) in [5, 5.41) is 24.6. The van der Waals surface area contributed by atoms with Crippen LogP contribution in [0.25, 0.3) is 22.0 Å². The lowest BCUT2D eigenvalue weighted by atomic mass is 9.86. The number of carbonyl (C=O) groups is 1. The van der Waals surface area contributed by atoms with Crippen LogP contribution in [0.4, 0.5) is 5.82 Å². The number of aryl methyl sites for hydroxylation is 1. The number of imidazole rings is 1. The van der Waals surface area contributed by atoms with Gasteiger partial charge in [-0.15, -0.1) is 0 Å². The summed E-state index contributed by atoms with van der Waals surface area (Å²) in [5.41, 5.74) is 1.16. The molecule has 7 heteroatoms. The molecule has 1 heterocycles. The van der Waals surface area contributed by atoms with Gasteiger partial charge in [0.25, 0.3) is 0 Å². The molecular weight excluding hydrogens is 394 g/mol. The van der Waals surface area contributed by atoms with Crippen LogP contribution in [0.15, 0.2) is 60.7 Å². The molecule has 154 valence electrons. The number of Topliss-reactive ketones (excluding diaryl/α,β-unsaturated/α-hetero) is 1. The lowest BCUT2D eigenvalue weighted by Gasteiger charge is -2.23. The average molecular weight is 413 g/mol. The monoisotopic (exact) mass is 413 g/mol. The Morgan fingerprint density at radius 1 is 1.10 bits per heavy atom. The molecule has 0 bridgehead atoms. The van der Waals surface area contributed by atoms with Gasteiger partial charge in [0.2, 0.25) is 0 Å². The third-order valence-electron chi connectivity index (χ3n) is 6.12. The Bertz CT molecular complexity index is 1380. The van der Waals surface area contributed by atoms with E-state index in [1.165, 1.54) is 4.57 Å². The zero-order chi connectivity index (χ0) is 21.9. The summed E-state index contributed by atoms with van der Waals surface area (Å²) in [6.07, 6.45) is 0.114. The van der Waals surface area contributed by atoms with Crippen molar-refractivity contribution in [1.82, 2.24) is 9.55 Å². The fraction of sp³-hybridized carbons (Fsp3) is 0.167. The minimum Gasteiger partial charge on any atom is -0.377 e. The number of hydrogen-bond acceptors (Lipinski definition) is 5. The van der Waals surface area contributed by atoms with Crippen molar-refractivity contribution < 1.29 is 14.8 Å². The van der Waals surface area contributed by atoms with E-state index in [1.54, 1.807) is 50.4 Å². The molecule has 1 aromatic heterocycles. The summed E-state index contributed by atoms with van der Waals surface area (Å²) in [6, 6.07) is 18.1. The van der Waals surface area contributed by atoms with E-state index >= 15 is 0 Å². The number of aromatic nitrogens is 2. The van der Waals surface area contributed by atoms with Crippen LogP contribution in [0.1, 0.15) is 27.3 Å². The quantitative estimate of drug-likeness (QED) is 0.401. The van der Waals surface area contributed by atoms with Gasteiger partial charge in [0.1, 0.15) is 0 Å². The molecule has 0 amide bonds. The molecule has 1 atom stereocenters. The molecule has 1 aliphatic rings. The first-order chi connectivity index (χ1) is 14.8. The first-order valence-corrected chi connectivity index (χ1v) is 9.87. The summed E-state index contributed by atoms with van der Waals surface area (Å²) in [6.45, 7) is 1.71. The van der Waals surface area contributed by atoms with Gasteiger partial charge in [-0.1, -0.05) is 60.7 Å². The summed E-state index contributed by atoms with van der Waals surface area (Å²) in [7, 11) is 1.61. The fourth-order valence-electron chi connectivity index (χ4n) is 4.47. The molecule has 4 aromatic rings. The van der Waals surface area contributed by atoms with Crippen molar-refractivity contribution in [3.05, 3.63) is 93.3 Å². The molecule has 7 nitrogen and oxygen atoms in total. The highest BCUT2D eigenvalue weighted by Gasteiger charge is 2.45. The minimum absolute atomic E-state index is 0.0722. The van der Waals surface area contributed by atoms with Gasteiger partial charge < -0.3 is 15.2 Å². The van der Waals surface area contributed by atoms with Crippen molar-refractivity contribution in [1.29, 1.82) is 0 Å². The van der Waals surface area contributed by atoms with Gasteiger partial charge in [0.15, 0.2) is 22.9 Å². The number of benzene rings is 3. The molecule has 0 fully saturated rings. The van der Waals surface area contributed by atoms with Gasteiger partial charge in [0.05, 0.1) is 7.05 Å². The van der Waals surface area contributed by atoms with Crippen LogP contribution in [0.5, 0.6) is 0 Å². The SMILES string of the molecule is Cc1nc(-c2ccc(CC3(O)C(=O)c4cccc5cccc3c45)cc2)c([N+](=O)[O-])n1C. The van der Waals surface area contributed by atoms with Gasteiger partial charge in [-0.05, 0) is 21.3 Å². The smallest absolute Gasteiger partial charge is 0.350 e. The van der Waals surface area contributed by atoms with Gasteiger partial charge in [-0.25, -0.2) is 9.55 Å². The number of hydrogen-bond donors (Lipinski definition) is 1. The third-order valence-corrected chi connectivity index (χ3v) is 6.12. The van der Waals surface area contributed by atoms with Crippen LogP contribution in [0.3, 0.4) is 0 Å². The lowest BCUT2D eigenvalue weighted by Crippen LogP contribution is -2.34. The molecule has 0 saturated carbocycles. The number of nitrogens with zero attached hydrogens (tertiary/aromatic N) is 3. The summed E-state index contributed by atoms with van der Waals surface area (Å²) >= 11 is 0. The summed E-state index contributed by atoms with van der Waals surface area (Å²) in [4.78, 5) is 28.5. The molecule has 5 rings (SSSR count). The maximum Gasteiger partial charge on any atom is 0.350 e. The van der Waals surface area contributed by atoms with Crippen LogP contribution >= 0.6 is 0 Å². The van der Waals surface area contributed by atoms with E-state index in [0.717, 1.165) is 16.3 Å². The highest BCUT2D eigenvalue weighted by molar-refractivity contribution is 6.19. The molecule has 31 heavy (non-hydrogen) atoms. The van der Waals surface area contributed by atoms with E-state index in [0.29, 0.717) is 28.2 Å². The van der Waals surface area contributed by atoms with Crippen LogP contribution in [-0.4, -0.2) is 25.4 Å². The van der Waals surface area contributed by atoms with Crippen LogP contribution in [0.2, 0.25) is 0 Å². The lowest BCUT2D eigenvalue weighted by molar-refractivity contribution is -0.391. The number of aliphatic hydroxyl groups is 1. The van der Waals surface area contributed by atoms with E-state index < -0.39 is 10.5 Å². The van der Waals surface area contributed by atoms with Crippen LogP contribution < -0.4 is 0 Å². The molecule has 0 spiro atoms. The molecule has 0 radical (unpaired) electrons. The van der Waals surface area contributed by atoms with Crippen LogP contribution in [-0.2, 0) is 19.1 Å². The number of carbonyl (C=O) groups excluding carboxylic acids is 1. The Balaban J connectivity index is 1.52. The first-order valence-electron chi connectivity index (χ1n) is 9.87. The number of ketones is 1. The zero-order valence-electron chi connectivity index (χ0n) is 17.0. The molecule has 1 N–H and O–H groups in total. The topological polar surface area (TPSA) is 98.3 Å². The molecular formula is C24H19N3O4. The Morgan fingerprint density at radius 2 is 1.77 bits per heavy atom. The van der Waals surface area contributed by atoms with Crippen molar-refractivity contribution in [3.8, 4) is 11.3 Å². The highest BCUT2D eigenvalue weighted by Crippen LogP contribution is 2.43. The zero-order valence-corrected chi connectivity index (χ0v) is 17.0. The van der Waals surface area contributed by atoms with E-state index in [-0.39, 0.29) is 18.0 Å². The predicted octanol–water partition coefficient (Wildman–Crippen LogP) is 4.08. The van der Waals surface area contributed by atoms with E-state index in [1.807, 2.05) is 24.3 Å². The predicted molar refractivity (Wildman–Crippen MR) is 116 cm³/mol. The maximum atomic E-state index is 13.1. The molecule has 3 aromatic carbocycles. The van der Waals surface area contributed by atoms with E-state index in [2.05, 4.69) is 4.98 Å². The largest absolute Gasteiger partial charge is 0.377 e. The van der Waals surface area contributed by atoms with Crippen molar-refractivity contribution in [3.63, 3.8) is 0 Å².